The van der Waals surface area contributed by atoms with Crippen molar-refractivity contribution < 1.29 is 23.6 Å². The van der Waals surface area contributed by atoms with Gasteiger partial charge in [0.15, 0.2) is 0 Å². The molecule has 1 saturated heterocycles. The number of nitrogens with one attached hydrogen (secondary N) is 2. The van der Waals surface area contributed by atoms with E-state index in [1.807, 2.05) is 0 Å². The highest BCUT2D eigenvalue weighted by atomic mass is 79.9. The van der Waals surface area contributed by atoms with Crippen molar-refractivity contribution in [3.05, 3.63) is 53.0 Å². The molecule has 1 unspecified atom stereocenters. The average molecular weight is 520 g/mol. The molecule has 3 rings (SSSR count). The van der Waals surface area contributed by atoms with E-state index in [0.29, 0.717) is 48.6 Å². The molecule has 0 saturated carbocycles. The van der Waals surface area contributed by atoms with Crippen molar-refractivity contribution in [2.24, 2.45) is 0 Å². The average Bonchev–Trinajstić information content (AvgIpc) is 2.61. The van der Waals surface area contributed by atoms with Crippen molar-refractivity contribution in [1.29, 1.82) is 4.78 Å². The fourth-order valence-corrected chi connectivity index (χ4v) is 5.51. The van der Waals surface area contributed by atoms with Gasteiger partial charge in [0.2, 0.25) is 0 Å². The normalized spacial score (nSPS) is 21.0. The van der Waals surface area contributed by atoms with Gasteiger partial charge < -0.3 is 5.32 Å². The molecule has 1 aliphatic heterocycles. The zero-order valence-electron chi connectivity index (χ0n) is 15.0. The molecule has 1 heterocycles. The largest absolute Gasteiger partial charge is 0.382 e. The summed E-state index contributed by atoms with van der Waals surface area (Å²) < 4.78 is 87.5. The lowest BCUT2D eigenvalue weighted by atomic mass is 10.1. The Morgan fingerprint density at radius 3 is 1.97 bits per heavy atom. The van der Waals surface area contributed by atoms with Gasteiger partial charge in [-0.2, -0.15) is 0 Å². The third kappa shape index (κ3) is 5.41. The van der Waals surface area contributed by atoms with E-state index >= 15 is 0 Å². The van der Waals surface area contributed by atoms with Crippen LogP contribution < -0.4 is 5.32 Å². The minimum atomic E-state index is -9.67. The van der Waals surface area contributed by atoms with E-state index in [2.05, 4.69) is 21.2 Å². The lowest BCUT2D eigenvalue weighted by Crippen LogP contribution is -2.41. The van der Waals surface area contributed by atoms with Crippen molar-refractivity contribution in [3.63, 3.8) is 0 Å². The molecule has 4 nitrogen and oxygen atoms in total. The van der Waals surface area contributed by atoms with Gasteiger partial charge in [-0.1, -0.05) is 35.4 Å². The molecule has 0 radical (unpaired) electrons. The van der Waals surface area contributed by atoms with Crippen molar-refractivity contribution in [1.82, 2.24) is 4.31 Å². The van der Waals surface area contributed by atoms with E-state index in [1.54, 1.807) is 28.6 Å². The first kappa shape index (κ1) is 22.3. The Morgan fingerprint density at radius 2 is 1.48 bits per heavy atom. The molecule has 0 bridgehead atoms. The Labute approximate surface area is 174 Å². The standard InChI is InChI=1S/C17H19BrF5N3OS2/c18-13-1-5-16(6-2-13)28(24,27)26-11-9-15(10-12-26)25-14-3-7-17(8-4-14)29(19,20,21,22)23/h1-8,15,24-25H,9-12H2. The van der Waals surface area contributed by atoms with E-state index in [4.69, 9.17) is 4.78 Å². The molecule has 162 valence electrons. The van der Waals surface area contributed by atoms with E-state index < -0.39 is 25.0 Å². The summed E-state index contributed by atoms with van der Waals surface area (Å²) in [5.74, 6) is 0. The number of nitrogens with zero attached hydrogens (tertiary/aromatic N) is 1. The highest BCUT2D eigenvalue weighted by molar-refractivity contribution is 9.10. The van der Waals surface area contributed by atoms with Crippen molar-refractivity contribution in [3.8, 4) is 0 Å². The van der Waals surface area contributed by atoms with Crippen LogP contribution >= 0.6 is 26.2 Å². The number of halogens is 6. The van der Waals surface area contributed by atoms with Crippen LogP contribution in [0.5, 0.6) is 0 Å². The van der Waals surface area contributed by atoms with Crippen molar-refractivity contribution in [2.75, 3.05) is 18.4 Å². The predicted molar refractivity (Wildman–Crippen MR) is 109 cm³/mol. The zero-order valence-corrected chi connectivity index (χ0v) is 18.2. The summed E-state index contributed by atoms with van der Waals surface area (Å²) in [6.45, 7) is 0.721. The molecule has 1 fully saturated rings. The van der Waals surface area contributed by atoms with Gasteiger partial charge in [0.1, 0.15) is 14.8 Å². The maximum atomic E-state index is 12.9. The summed E-state index contributed by atoms with van der Waals surface area (Å²) in [7, 11) is -12.8. The highest BCUT2D eigenvalue weighted by Gasteiger charge is 2.65. The molecular weight excluding hydrogens is 501 g/mol. The number of rotatable bonds is 5. The quantitative estimate of drug-likeness (QED) is 0.417. The van der Waals surface area contributed by atoms with Crippen molar-refractivity contribution in [2.45, 2.75) is 28.7 Å². The molecule has 1 atom stereocenters. The van der Waals surface area contributed by atoms with Gasteiger partial charge in [0.25, 0.3) is 0 Å². The molecule has 29 heavy (non-hydrogen) atoms. The number of benzene rings is 2. The van der Waals surface area contributed by atoms with Gasteiger partial charge in [-0.25, -0.2) is 13.3 Å². The van der Waals surface area contributed by atoms with Crippen molar-refractivity contribution >= 4 is 41.8 Å². The van der Waals surface area contributed by atoms with Crippen LogP contribution in [0.3, 0.4) is 0 Å². The maximum absolute atomic E-state index is 12.9. The second-order valence-electron chi connectivity index (χ2n) is 6.82. The van der Waals surface area contributed by atoms with Gasteiger partial charge in [-0.05, 0) is 61.4 Å². The Hall–Kier alpha value is -1.37. The minimum Gasteiger partial charge on any atom is -0.382 e. The topological polar surface area (TPSA) is 56.2 Å². The van der Waals surface area contributed by atoms with Crippen LogP contribution in [0.4, 0.5) is 25.1 Å². The molecular formula is C17H19BrF5N3OS2. The van der Waals surface area contributed by atoms with Crippen LogP contribution in [-0.2, 0) is 9.92 Å². The number of piperidine rings is 1. The Bertz CT molecular complexity index is 989. The molecule has 0 spiro atoms. The zero-order chi connectivity index (χ0) is 21.6. The third-order valence-corrected chi connectivity index (χ3v) is 8.32. The highest BCUT2D eigenvalue weighted by Crippen LogP contribution is 3.02. The van der Waals surface area contributed by atoms with Gasteiger partial charge in [0.05, 0.1) is 4.90 Å². The van der Waals surface area contributed by atoms with Crippen LogP contribution in [0, 0.1) is 4.78 Å². The fourth-order valence-electron chi connectivity index (χ4n) is 3.07. The summed E-state index contributed by atoms with van der Waals surface area (Å²) in [6.07, 6.45) is 1.02. The van der Waals surface area contributed by atoms with E-state index in [0.717, 1.165) is 16.6 Å². The maximum Gasteiger partial charge on any atom is 0.310 e. The number of hydrogen-bond donors (Lipinski definition) is 2. The van der Waals surface area contributed by atoms with Crippen LogP contribution in [0.15, 0.2) is 62.8 Å². The number of anilines is 1. The summed E-state index contributed by atoms with van der Waals surface area (Å²) in [4.78, 5) is -1.52. The van der Waals surface area contributed by atoms with Gasteiger partial charge in [-0.3, -0.25) is 0 Å². The smallest absolute Gasteiger partial charge is 0.310 e. The van der Waals surface area contributed by atoms with E-state index in [9.17, 15) is 23.6 Å². The Morgan fingerprint density at radius 1 is 0.966 bits per heavy atom. The third-order valence-electron chi connectivity index (χ3n) is 4.62. The van der Waals surface area contributed by atoms with E-state index in [-0.39, 0.29) is 6.04 Å². The van der Waals surface area contributed by atoms with Crippen LogP contribution in [0.25, 0.3) is 0 Å². The molecule has 2 aromatic rings. The molecule has 2 aromatic carbocycles. The van der Waals surface area contributed by atoms with Crippen LogP contribution in [-0.4, -0.2) is 27.6 Å². The monoisotopic (exact) mass is 519 g/mol. The SMILES string of the molecule is N=S(=O)(c1ccc(Br)cc1)N1CCC(Nc2ccc(S(F)(F)(F)(F)F)cc2)CC1. The Balaban J connectivity index is 1.62. The molecule has 0 aromatic heterocycles. The first-order chi connectivity index (χ1) is 13.1. The molecule has 12 heteroatoms. The predicted octanol–water partition coefficient (Wildman–Crippen LogP) is 7.00. The van der Waals surface area contributed by atoms with Gasteiger partial charge in [0, 0.05) is 29.3 Å². The molecule has 0 amide bonds. The minimum absolute atomic E-state index is 0.128. The fraction of sp³-hybridized carbons (Fsp3) is 0.294. The van der Waals surface area contributed by atoms with Crippen LogP contribution in [0.2, 0.25) is 0 Å². The second kappa shape index (κ2) is 6.82. The first-order valence-corrected chi connectivity index (χ1v) is 12.8. The Kier molecular flexibility index (Phi) is 5.25. The van der Waals surface area contributed by atoms with E-state index in [1.165, 1.54) is 0 Å². The van der Waals surface area contributed by atoms with Crippen LogP contribution in [0.1, 0.15) is 12.8 Å². The summed E-state index contributed by atoms with van der Waals surface area (Å²) in [5, 5.41) is 3.02. The molecule has 0 aliphatic carbocycles. The van der Waals surface area contributed by atoms with Gasteiger partial charge >= 0.3 is 10.2 Å². The lowest BCUT2D eigenvalue weighted by molar-refractivity contribution is 0.341. The summed E-state index contributed by atoms with van der Waals surface area (Å²) in [5.41, 5.74) is 0.300. The summed E-state index contributed by atoms with van der Waals surface area (Å²) in [6, 6.07) is 9.28. The molecule has 1 aliphatic rings. The first-order valence-electron chi connectivity index (χ1n) is 8.55. The number of hydrogen-bond acceptors (Lipinski definition) is 3. The lowest BCUT2D eigenvalue weighted by Gasteiger charge is -2.40. The second-order valence-corrected chi connectivity index (χ2v) is 12.2. The van der Waals surface area contributed by atoms with Gasteiger partial charge in [-0.15, -0.1) is 0 Å². The summed E-state index contributed by atoms with van der Waals surface area (Å²) >= 11 is 3.29. The molecule has 2 N–H and O–H groups in total.